The minimum atomic E-state index is -4.13. The normalized spacial score (nSPS) is 14.0. The number of methoxy groups -OCH3 is 1. The number of fused-ring (bicyclic) bond motifs is 1. The van der Waals surface area contributed by atoms with Gasteiger partial charge in [-0.25, -0.2) is 8.42 Å². The molecule has 0 radical (unpaired) electrons. The number of carbonyl (C=O) groups excluding carboxylic acids is 2. The van der Waals surface area contributed by atoms with E-state index in [0.717, 1.165) is 16.0 Å². The summed E-state index contributed by atoms with van der Waals surface area (Å²) in [6.45, 7) is -0.0194. The number of imide groups is 1. The zero-order chi connectivity index (χ0) is 25.9. The van der Waals surface area contributed by atoms with Gasteiger partial charge < -0.3 is 9.84 Å². The van der Waals surface area contributed by atoms with Crippen LogP contribution in [-0.4, -0.2) is 55.9 Å². The zero-order valence-electron chi connectivity index (χ0n) is 19.4. The Bertz CT molecular complexity index is 1370. The van der Waals surface area contributed by atoms with Gasteiger partial charge in [0, 0.05) is 6.54 Å². The second-order valence-electron chi connectivity index (χ2n) is 8.21. The molecule has 0 fully saturated rings. The van der Waals surface area contributed by atoms with Gasteiger partial charge in [0.1, 0.15) is 11.8 Å². The fourth-order valence-electron chi connectivity index (χ4n) is 3.99. The van der Waals surface area contributed by atoms with Gasteiger partial charge in [0.15, 0.2) is 0 Å². The van der Waals surface area contributed by atoms with Crippen molar-refractivity contribution in [3.05, 3.63) is 83.9 Å². The number of carboxylic acids is 1. The van der Waals surface area contributed by atoms with E-state index in [0.29, 0.717) is 16.9 Å². The first kappa shape index (κ1) is 25.1. The molecule has 0 spiro atoms. The third-order valence-corrected chi connectivity index (χ3v) is 7.42. The Morgan fingerprint density at radius 1 is 0.917 bits per heavy atom. The summed E-state index contributed by atoms with van der Waals surface area (Å²) in [6.07, 6.45) is 0.00721. The van der Waals surface area contributed by atoms with Crippen molar-refractivity contribution < 1.29 is 32.6 Å². The van der Waals surface area contributed by atoms with E-state index in [-0.39, 0.29) is 24.3 Å². The van der Waals surface area contributed by atoms with E-state index < -0.39 is 33.8 Å². The van der Waals surface area contributed by atoms with Crippen LogP contribution in [0.2, 0.25) is 0 Å². The number of aliphatic carboxylic acids is 1. The number of nitrogens with zero attached hydrogens (tertiary/aromatic N) is 1. The van der Waals surface area contributed by atoms with Gasteiger partial charge in [-0.15, -0.1) is 0 Å². The number of amides is 2. The molecule has 1 aliphatic rings. The largest absolute Gasteiger partial charge is 0.497 e. The molecule has 2 amide bonds. The lowest BCUT2D eigenvalue weighted by molar-refractivity contribution is -0.139. The van der Waals surface area contributed by atoms with Crippen LogP contribution in [0.5, 0.6) is 5.75 Å². The highest BCUT2D eigenvalue weighted by Crippen LogP contribution is 2.25. The molecule has 36 heavy (non-hydrogen) atoms. The minimum Gasteiger partial charge on any atom is -0.497 e. The van der Waals surface area contributed by atoms with Gasteiger partial charge >= 0.3 is 5.97 Å². The number of carbonyl (C=O) groups is 3. The summed E-state index contributed by atoms with van der Waals surface area (Å²) in [5, 5.41) is 9.57. The van der Waals surface area contributed by atoms with Crippen molar-refractivity contribution in [2.24, 2.45) is 0 Å². The van der Waals surface area contributed by atoms with Crippen molar-refractivity contribution in [2.45, 2.75) is 23.8 Å². The van der Waals surface area contributed by atoms with Crippen LogP contribution >= 0.6 is 0 Å². The first-order valence-corrected chi connectivity index (χ1v) is 12.6. The summed E-state index contributed by atoms with van der Waals surface area (Å²) in [5.74, 6) is -1.54. The molecule has 0 saturated heterocycles. The molecule has 3 aromatic carbocycles. The van der Waals surface area contributed by atoms with E-state index in [9.17, 15) is 27.9 Å². The lowest BCUT2D eigenvalue weighted by Gasteiger charge is -2.17. The molecule has 1 heterocycles. The minimum absolute atomic E-state index is 0.0194. The van der Waals surface area contributed by atoms with Crippen LogP contribution in [0.1, 0.15) is 33.6 Å². The van der Waals surface area contributed by atoms with Crippen molar-refractivity contribution in [1.82, 2.24) is 9.62 Å². The Morgan fingerprint density at radius 3 is 1.94 bits per heavy atom. The number of ether oxygens (including phenoxy) is 1. The number of carboxylic acid groups (broad SMARTS) is 1. The van der Waals surface area contributed by atoms with E-state index >= 15 is 0 Å². The molecule has 1 aliphatic heterocycles. The SMILES string of the molecule is COc1ccc(-c2ccc(S(=O)(=O)N[C@H](CCCN3C(=O)c4ccccc4C3=O)C(=O)O)cc2)cc1. The van der Waals surface area contributed by atoms with Gasteiger partial charge in [0.2, 0.25) is 10.0 Å². The maximum absolute atomic E-state index is 12.8. The van der Waals surface area contributed by atoms with Gasteiger partial charge in [-0.2, -0.15) is 4.72 Å². The van der Waals surface area contributed by atoms with Gasteiger partial charge in [-0.1, -0.05) is 36.4 Å². The van der Waals surface area contributed by atoms with Crippen molar-refractivity contribution in [3.8, 4) is 16.9 Å². The van der Waals surface area contributed by atoms with E-state index in [1.54, 1.807) is 55.6 Å². The monoisotopic (exact) mass is 508 g/mol. The van der Waals surface area contributed by atoms with Crippen LogP contribution in [0.25, 0.3) is 11.1 Å². The fourth-order valence-corrected chi connectivity index (χ4v) is 5.22. The molecule has 186 valence electrons. The van der Waals surface area contributed by atoms with Crippen LogP contribution < -0.4 is 9.46 Å². The Kier molecular flexibility index (Phi) is 7.18. The van der Waals surface area contributed by atoms with Crippen LogP contribution in [0, 0.1) is 0 Å². The second kappa shape index (κ2) is 10.3. The molecule has 0 bridgehead atoms. The lowest BCUT2D eigenvalue weighted by atomic mass is 10.1. The predicted molar refractivity (Wildman–Crippen MR) is 131 cm³/mol. The summed E-state index contributed by atoms with van der Waals surface area (Å²) in [7, 11) is -2.56. The highest BCUT2D eigenvalue weighted by atomic mass is 32.2. The molecular weight excluding hydrogens is 484 g/mol. The fraction of sp³-hybridized carbons (Fsp3) is 0.192. The summed E-state index contributed by atoms with van der Waals surface area (Å²) in [6, 6.07) is 18.4. The molecule has 0 unspecified atom stereocenters. The zero-order valence-corrected chi connectivity index (χ0v) is 20.2. The predicted octanol–water partition coefficient (Wildman–Crippen LogP) is 3.17. The third-order valence-electron chi connectivity index (χ3n) is 5.94. The van der Waals surface area contributed by atoms with E-state index in [1.165, 1.54) is 12.1 Å². The third kappa shape index (κ3) is 5.14. The van der Waals surface area contributed by atoms with Crippen LogP contribution in [-0.2, 0) is 14.8 Å². The number of nitrogens with one attached hydrogen (secondary N) is 1. The maximum Gasteiger partial charge on any atom is 0.321 e. The van der Waals surface area contributed by atoms with Gasteiger partial charge in [0.05, 0.1) is 23.1 Å². The molecule has 1 atom stereocenters. The number of hydrogen-bond donors (Lipinski definition) is 2. The summed E-state index contributed by atoms with van der Waals surface area (Å²) >= 11 is 0. The first-order chi connectivity index (χ1) is 17.2. The number of hydrogen-bond acceptors (Lipinski definition) is 6. The quantitative estimate of drug-likeness (QED) is 0.402. The summed E-state index contributed by atoms with van der Waals surface area (Å²) < 4.78 is 33.0. The van der Waals surface area contributed by atoms with Gasteiger partial charge in [-0.3, -0.25) is 19.3 Å². The molecule has 0 saturated carbocycles. The second-order valence-corrected chi connectivity index (χ2v) is 9.93. The highest BCUT2D eigenvalue weighted by molar-refractivity contribution is 7.89. The molecule has 0 aliphatic carbocycles. The lowest BCUT2D eigenvalue weighted by Crippen LogP contribution is -2.41. The van der Waals surface area contributed by atoms with Crippen LogP contribution in [0.3, 0.4) is 0 Å². The van der Waals surface area contributed by atoms with E-state index in [2.05, 4.69) is 4.72 Å². The van der Waals surface area contributed by atoms with Crippen molar-refractivity contribution in [2.75, 3.05) is 13.7 Å². The summed E-state index contributed by atoms with van der Waals surface area (Å²) in [5.41, 5.74) is 2.25. The standard InChI is InChI=1S/C26H24N2O7S/c1-35-19-12-8-17(9-13-19)18-10-14-20(15-11-18)36(33,34)27-23(26(31)32)7-4-16-28-24(29)21-5-2-3-6-22(21)25(28)30/h2-3,5-6,8-15,23,27H,4,7,16H2,1H3,(H,31,32)/t23-/m1/s1. The Labute approximate surface area is 208 Å². The molecule has 4 rings (SSSR count). The Hall–Kier alpha value is -4.02. The Morgan fingerprint density at radius 2 is 1.44 bits per heavy atom. The van der Waals surface area contributed by atoms with Crippen molar-refractivity contribution in [3.63, 3.8) is 0 Å². The molecule has 10 heteroatoms. The average molecular weight is 509 g/mol. The first-order valence-electron chi connectivity index (χ1n) is 11.2. The van der Waals surface area contributed by atoms with Crippen LogP contribution in [0.15, 0.2) is 77.7 Å². The average Bonchev–Trinajstić information content (AvgIpc) is 3.13. The molecular formula is C26H24N2O7S. The topological polar surface area (TPSA) is 130 Å². The highest BCUT2D eigenvalue weighted by Gasteiger charge is 2.35. The molecule has 2 N–H and O–H groups in total. The molecule has 9 nitrogen and oxygen atoms in total. The molecule has 0 aromatic heterocycles. The van der Waals surface area contributed by atoms with Crippen LogP contribution in [0.4, 0.5) is 0 Å². The maximum atomic E-state index is 12.8. The van der Waals surface area contributed by atoms with E-state index in [1.807, 2.05) is 12.1 Å². The number of sulfonamides is 1. The number of rotatable bonds is 10. The van der Waals surface area contributed by atoms with Crippen molar-refractivity contribution >= 4 is 27.8 Å². The van der Waals surface area contributed by atoms with Crippen molar-refractivity contribution in [1.29, 1.82) is 0 Å². The Balaban J connectivity index is 1.39. The van der Waals surface area contributed by atoms with E-state index in [4.69, 9.17) is 4.74 Å². The smallest absolute Gasteiger partial charge is 0.321 e. The number of benzene rings is 3. The van der Waals surface area contributed by atoms with Gasteiger partial charge in [-0.05, 0) is 60.4 Å². The summed E-state index contributed by atoms with van der Waals surface area (Å²) in [4.78, 5) is 37.7. The molecule has 3 aromatic rings. The van der Waals surface area contributed by atoms with Gasteiger partial charge in [0.25, 0.3) is 11.8 Å².